The summed E-state index contributed by atoms with van der Waals surface area (Å²) in [6.07, 6.45) is 1.41. The first-order valence-electron chi connectivity index (χ1n) is 4.41. The topological polar surface area (TPSA) is 83.8 Å². The summed E-state index contributed by atoms with van der Waals surface area (Å²) in [6, 6.07) is 3.92. The van der Waals surface area contributed by atoms with Crippen LogP contribution in [0.3, 0.4) is 0 Å². The number of benzene rings is 1. The Balaban J connectivity index is 3.28. The fourth-order valence-electron chi connectivity index (χ4n) is 1.17. The van der Waals surface area contributed by atoms with Gasteiger partial charge in [-0.1, -0.05) is 18.7 Å². The lowest BCUT2D eigenvalue weighted by Crippen LogP contribution is -2.09. The van der Waals surface area contributed by atoms with Crippen LogP contribution in [0.5, 0.6) is 5.75 Å². The van der Waals surface area contributed by atoms with Crippen molar-refractivity contribution in [2.24, 2.45) is 0 Å². The molecule has 0 bridgehead atoms. The molecule has 0 aromatic heterocycles. The molecule has 0 aliphatic rings. The van der Waals surface area contributed by atoms with Gasteiger partial charge in [-0.2, -0.15) is 0 Å². The molecule has 5 nitrogen and oxygen atoms in total. The average Bonchev–Trinajstić information content (AvgIpc) is 2.25. The summed E-state index contributed by atoms with van der Waals surface area (Å²) in [4.78, 5) is 21.7. The molecule has 16 heavy (non-hydrogen) atoms. The monoisotopic (exact) mass is 222 g/mol. The summed E-state index contributed by atoms with van der Waals surface area (Å²) in [7, 11) is 0. The van der Waals surface area contributed by atoms with Crippen molar-refractivity contribution < 1.29 is 24.5 Å². The lowest BCUT2D eigenvalue weighted by atomic mass is 10.1. The van der Waals surface area contributed by atoms with E-state index in [0.29, 0.717) is 0 Å². The molecule has 0 fully saturated rings. The molecule has 0 saturated carbocycles. The summed E-state index contributed by atoms with van der Waals surface area (Å²) in [5, 5.41) is 17.7. The highest BCUT2D eigenvalue weighted by Gasteiger charge is 2.19. The van der Waals surface area contributed by atoms with Gasteiger partial charge in [0.05, 0.1) is 0 Å². The maximum absolute atomic E-state index is 10.9. The van der Waals surface area contributed by atoms with Gasteiger partial charge in [0.25, 0.3) is 0 Å². The lowest BCUT2D eigenvalue weighted by molar-refractivity contribution is 0.0689. The van der Waals surface area contributed by atoms with E-state index in [0.717, 1.165) is 0 Å². The van der Waals surface area contributed by atoms with E-state index in [4.69, 9.17) is 14.9 Å². The van der Waals surface area contributed by atoms with Gasteiger partial charge < -0.3 is 14.9 Å². The van der Waals surface area contributed by atoms with Gasteiger partial charge in [-0.3, -0.25) is 0 Å². The van der Waals surface area contributed by atoms with E-state index in [1.54, 1.807) is 0 Å². The molecule has 0 aliphatic heterocycles. The zero-order valence-electron chi connectivity index (χ0n) is 8.34. The Bertz CT molecular complexity index is 404. The predicted octanol–water partition coefficient (Wildman–Crippen LogP) is 1.65. The van der Waals surface area contributed by atoms with Crippen LogP contribution in [0.25, 0.3) is 0 Å². The van der Waals surface area contributed by atoms with Crippen LogP contribution in [0.2, 0.25) is 0 Å². The van der Waals surface area contributed by atoms with E-state index in [2.05, 4.69) is 6.58 Å². The second-order valence-corrected chi connectivity index (χ2v) is 2.89. The van der Waals surface area contributed by atoms with Crippen LogP contribution in [-0.2, 0) is 0 Å². The number of para-hydroxylation sites is 1. The maximum atomic E-state index is 10.9. The quantitative estimate of drug-likeness (QED) is 0.740. The molecule has 0 aliphatic carbocycles. The van der Waals surface area contributed by atoms with Crippen LogP contribution >= 0.6 is 0 Å². The maximum Gasteiger partial charge on any atom is 0.339 e. The molecule has 1 rings (SSSR count). The average molecular weight is 222 g/mol. The molecule has 0 amide bonds. The van der Waals surface area contributed by atoms with Crippen molar-refractivity contribution in [3.63, 3.8) is 0 Å². The molecule has 0 radical (unpaired) electrons. The van der Waals surface area contributed by atoms with Gasteiger partial charge in [0.1, 0.15) is 23.5 Å². The van der Waals surface area contributed by atoms with Crippen LogP contribution in [0, 0.1) is 0 Å². The standard InChI is InChI=1S/C11H10O5/c1-2-6-16-9-7(10(12)13)4-3-5-8(9)11(14)15/h2-5H,1,6H2,(H,12,13)(H,14,15). The summed E-state index contributed by atoms with van der Waals surface area (Å²) in [5.41, 5.74) is -0.358. The van der Waals surface area contributed by atoms with Crippen molar-refractivity contribution in [1.82, 2.24) is 0 Å². The highest BCUT2D eigenvalue weighted by atomic mass is 16.5. The molecule has 1 aromatic carbocycles. The summed E-state index contributed by atoms with van der Waals surface area (Å²) >= 11 is 0. The van der Waals surface area contributed by atoms with Crippen molar-refractivity contribution in [1.29, 1.82) is 0 Å². The van der Waals surface area contributed by atoms with Crippen LogP contribution in [0.15, 0.2) is 30.9 Å². The highest BCUT2D eigenvalue weighted by Crippen LogP contribution is 2.24. The van der Waals surface area contributed by atoms with Crippen LogP contribution in [0.1, 0.15) is 20.7 Å². The Hall–Kier alpha value is -2.30. The number of ether oxygens (including phenoxy) is 1. The summed E-state index contributed by atoms with van der Waals surface area (Å²) in [5.74, 6) is -2.62. The molecule has 0 saturated heterocycles. The SMILES string of the molecule is C=CCOc1c(C(=O)O)cccc1C(=O)O. The molecular weight excluding hydrogens is 212 g/mol. The molecule has 84 valence electrons. The Morgan fingerprint density at radius 1 is 1.25 bits per heavy atom. The van der Waals surface area contributed by atoms with Gasteiger partial charge in [0.2, 0.25) is 0 Å². The number of carboxylic acid groups (broad SMARTS) is 2. The molecule has 0 spiro atoms. The molecule has 1 aromatic rings. The lowest BCUT2D eigenvalue weighted by Gasteiger charge is -2.09. The number of carboxylic acids is 2. The van der Waals surface area contributed by atoms with E-state index in [1.807, 2.05) is 0 Å². The van der Waals surface area contributed by atoms with Gasteiger partial charge in [-0.15, -0.1) is 0 Å². The third-order valence-corrected chi connectivity index (χ3v) is 1.82. The van der Waals surface area contributed by atoms with E-state index in [-0.39, 0.29) is 23.5 Å². The molecule has 5 heteroatoms. The summed E-state index contributed by atoms with van der Waals surface area (Å²) in [6.45, 7) is 3.45. The minimum Gasteiger partial charge on any atom is -0.488 e. The van der Waals surface area contributed by atoms with Crippen molar-refractivity contribution in [2.75, 3.05) is 6.61 Å². The Kier molecular flexibility index (Phi) is 3.66. The zero-order valence-corrected chi connectivity index (χ0v) is 8.34. The molecule has 0 heterocycles. The minimum absolute atomic E-state index is 0.0462. The second kappa shape index (κ2) is 4.97. The van der Waals surface area contributed by atoms with Crippen LogP contribution in [-0.4, -0.2) is 28.8 Å². The fraction of sp³-hybridized carbons (Fsp3) is 0.0909. The van der Waals surface area contributed by atoms with Crippen molar-refractivity contribution >= 4 is 11.9 Å². The first-order chi connectivity index (χ1) is 7.57. The Morgan fingerprint density at radius 3 is 2.12 bits per heavy atom. The fourth-order valence-corrected chi connectivity index (χ4v) is 1.17. The Morgan fingerprint density at radius 2 is 1.75 bits per heavy atom. The molecule has 0 unspecified atom stereocenters. The normalized spacial score (nSPS) is 9.50. The molecular formula is C11H10O5. The summed E-state index contributed by atoms with van der Waals surface area (Å²) < 4.78 is 5.06. The van der Waals surface area contributed by atoms with Crippen molar-refractivity contribution in [3.05, 3.63) is 42.0 Å². The number of aromatic carboxylic acids is 2. The van der Waals surface area contributed by atoms with Gasteiger partial charge in [0.15, 0.2) is 0 Å². The van der Waals surface area contributed by atoms with E-state index >= 15 is 0 Å². The van der Waals surface area contributed by atoms with E-state index in [9.17, 15) is 9.59 Å². The molecule has 2 N–H and O–H groups in total. The van der Waals surface area contributed by atoms with Gasteiger partial charge >= 0.3 is 11.9 Å². The van der Waals surface area contributed by atoms with Gasteiger partial charge in [-0.25, -0.2) is 9.59 Å². The van der Waals surface area contributed by atoms with Crippen LogP contribution < -0.4 is 4.74 Å². The number of hydrogen-bond acceptors (Lipinski definition) is 3. The van der Waals surface area contributed by atoms with Crippen molar-refractivity contribution in [3.8, 4) is 5.75 Å². The largest absolute Gasteiger partial charge is 0.488 e. The van der Waals surface area contributed by atoms with E-state index < -0.39 is 11.9 Å². The smallest absolute Gasteiger partial charge is 0.339 e. The highest BCUT2D eigenvalue weighted by molar-refractivity contribution is 5.98. The van der Waals surface area contributed by atoms with Gasteiger partial charge in [0, 0.05) is 0 Å². The third kappa shape index (κ3) is 2.38. The van der Waals surface area contributed by atoms with Gasteiger partial charge in [-0.05, 0) is 12.1 Å². The molecule has 0 atom stereocenters. The number of hydrogen-bond donors (Lipinski definition) is 2. The first-order valence-corrected chi connectivity index (χ1v) is 4.41. The third-order valence-electron chi connectivity index (χ3n) is 1.82. The minimum atomic E-state index is -1.23. The second-order valence-electron chi connectivity index (χ2n) is 2.89. The Labute approximate surface area is 91.6 Å². The number of carbonyl (C=O) groups is 2. The first kappa shape index (κ1) is 11.8. The number of rotatable bonds is 5. The predicted molar refractivity (Wildman–Crippen MR) is 56.1 cm³/mol. The van der Waals surface area contributed by atoms with Crippen molar-refractivity contribution in [2.45, 2.75) is 0 Å². The van der Waals surface area contributed by atoms with E-state index in [1.165, 1.54) is 24.3 Å². The van der Waals surface area contributed by atoms with Crippen LogP contribution in [0.4, 0.5) is 0 Å². The zero-order chi connectivity index (χ0) is 12.1.